The minimum atomic E-state index is -0.722. The zero-order valence-electron chi connectivity index (χ0n) is 18.1. The number of ketones is 1. The van der Waals surface area contributed by atoms with E-state index in [2.05, 4.69) is 0 Å². The molecule has 7 heteroatoms. The summed E-state index contributed by atoms with van der Waals surface area (Å²) in [5, 5.41) is 11.6. The van der Waals surface area contributed by atoms with Crippen LogP contribution >= 0.6 is 11.6 Å². The zero-order valence-corrected chi connectivity index (χ0v) is 18.9. The number of methoxy groups -OCH3 is 1. The third-order valence-electron chi connectivity index (χ3n) is 6.11. The quantitative estimate of drug-likeness (QED) is 0.372. The Kier molecular flexibility index (Phi) is 6.42. The van der Waals surface area contributed by atoms with Crippen molar-refractivity contribution in [2.45, 2.75) is 44.7 Å². The molecule has 0 bridgehead atoms. The molecule has 168 valence electrons. The highest BCUT2D eigenvalue weighted by atomic mass is 35.5. The highest BCUT2D eigenvalue weighted by molar-refractivity contribution is 6.47. The van der Waals surface area contributed by atoms with Crippen LogP contribution in [0.15, 0.2) is 48.0 Å². The minimum Gasteiger partial charge on any atom is -0.507 e. The zero-order chi connectivity index (χ0) is 22.8. The van der Waals surface area contributed by atoms with E-state index in [0.29, 0.717) is 23.7 Å². The van der Waals surface area contributed by atoms with Gasteiger partial charge in [0.15, 0.2) is 0 Å². The Hall–Kier alpha value is -2.99. The maximum atomic E-state index is 13.2. The molecule has 1 amide bonds. The van der Waals surface area contributed by atoms with Crippen molar-refractivity contribution in [1.29, 1.82) is 0 Å². The number of aliphatic hydroxyl groups is 1. The number of carbonyl (C=O) groups excluding carboxylic acids is 2. The monoisotopic (exact) mass is 455 g/mol. The van der Waals surface area contributed by atoms with Gasteiger partial charge < -0.3 is 19.5 Å². The van der Waals surface area contributed by atoms with Gasteiger partial charge in [-0.3, -0.25) is 9.59 Å². The van der Waals surface area contributed by atoms with Crippen LogP contribution < -0.4 is 9.47 Å². The van der Waals surface area contributed by atoms with E-state index in [9.17, 15) is 14.7 Å². The van der Waals surface area contributed by atoms with Crippen molar-refractivity contribution in [2.75, 3.05) is 13.7 Å². The minimum absolute atomic E-state index is 0.0331. The standard InChI is InChI=1S/C25H26ClNO5/c1-3-32-18-11-12-20(26)19(14-18)23(28)21-22(15-7-6-10-17(13-15)31-2)27(25(30)24(21)29)16-8-4-5-9-16/h6-7,10-14,16,22,28H,3-5,8-9H2,1-2H3/b23-21+. The van der Waals surface area contributed by atoms with E-state index in [1.807, 2.05) is 19.1 Å². The second-order valence-electron chi connectivity index (χ2n) is 8.00. The van der Waals surface area contributed by atoms with Crippen molar-refractivity contribution in [3.63, 3.8) is 0 Å². The van der Waals surface area contributed by atoms with Crippen molar-refractivity contribution in [1.82, 2.24) is 4.90 Å². The lowest BCUT2D eigenvalue weighted by atomic mass is 9.94. The molecule has 2 aromatic rings. The van der Waals surface area contributed by atoms with Crippen LogP contribution in [0.1, 0.15) is 49.8 Å². The van der Waals surface area contributed by atoms with E-state index in [-0.39, 0.29) is 28.0 Å². The number of Topliss-reactive ketones (excluding diaryl/α,β-unsaturated/α-hetero) is 1. The molecule has 1 saturated carbocycles. The first-order valence-electron chi connectivity index (χ1n) is 10.8. The molecule has 1 unspecified atom stereocenters. The van der Waals surface area contributed by atoms with Gasteiger partial charge in [0.1, 0.15) is 17.3 Å². The van der Waals surface area contributed by atoms with Gasteiger partial charge in [-0.2, -0.15) is 0 Å². The summed E-state index contributed by atoms with van der Waals surface area (Å²) in [5.41, 5.74) is 0.995. The number of hydrogen-bond acceptors (Lipinski definition) is 5. The second kappa shape index (κ2) is 9.25. The van der Waals surface area contributed by atoms with Crippen LogP contribution in [0.4, 0.5) is 0 Å². The molecular weight excluding hydrogens is 430 g/mol. The van der Waals surface area contributed by atoms with Crippen LogP contribution in [-0.2, 0) is 9.59 Å². The number of rotatable bonds is 6. The lowest BCUT2D eigenvalue weighted by Gasteiger charge is -2.31. The Morgan fingerprint density at radius 1 is 1.12 bits per heavy atom. The average molecular weight is 456 g/mol. The lowest BCUT2D eigenvalue weighted by Crippen LogP contribution is -2.37. The largest absolute Gasteiger partial charge is 0.507 e. The van der Waals surface area contributed by atoms with E-state index >= 15 is 0 Å². The van der Waals surface area contributed by atoms with Crippen LogP contribution in [0.2, 0.25) is 5.02 Å². The summed E-state index contributed by atoms with van der Waals surface area (Å²) in [6.07, 6.45) is 3.66. The number of likely N-dealkylation sites (tertiary alicyclic amines) is 1. The Morgan fingerprint density at radius 2 is 1.88 bits per heavy atom. The smallest absolute Gasteiger partial charge is 0.295 e. The number of ether oxygens (including phenoxy) is 2. The third-order valence-corrected chi connectivity index (χ3v) is 6.44. The first-order valence-corrected chi connectivity index (χ1v) is 11.2. The van der Waals surface area contributed by atoms with Gasteiger partial charge in [-0.15, -0.1) is 0 Å². The Labute approximate surface area is 192 Å². The van der Waals surface area contributed by atoms with Crippen LogP contribution in [0.25, 0.3) is 5.76 Å². The van der Waals surface area contributed by atoms with Crippen LogP contribution in [0, 0.1) is 0 Å². The molecule has 0 radical (unpaired) electrons. The van der Waals surface area contributed by atoms with Gasteiger partial charge in [0.2, 0.25) is 0 Å². The maximum Gasteiger partial charge on any atom is 0.295 e. The Bertz CT molecular complexity index is 1070. The molecule has 2 fully saturated rings. The summed E-state index contributed by atoms with van der Waals surface area (Å²) in [6.45, 7) is 2.29. The van der Waals surface area contributed by atoms with Gasteiger partial charge in [-0.25, -0.2) is 0 Å². The van der Waals surface area contributed by atoms with Crippen LogP contribution in [0.3, 0.4) is 0 Å². The Morgan fingerprint density at radius 3 is 2.56 bits per heavy atom. The van der Waals surface area contributed by atoms with Gasteiger partial charge in [0, 0.05) is 11.6 Å². The molecule has 1 heterocycles. The van der Waals surface area contributed by atoms with Crippen LogP contribution in [0.5, 0.6) is 11.5 Å². The topological polar surface area (TPSA) is 76.1 Å². The molecule has 0 aromatic heterocycles. The molecule has 6 nitrogen and oxygen atoms in total. The van der Waals surface area contributed by atoms with E-state index in [4.69, 9.17) is 21.1 Å². The molecule has 4 rings (SSSR count). The fraction of sp³-hybridized carbons (Fsp3) is 0.360. The molecule has 32 heavy (non-hydrogen) atoms. The summed E-state index contributed by atoms with van der Waals surface area (Å²) >= 11 is 6.38. The van der Waals surface area contributed by atoms with E-state index in [1.165, 1.54) is 0 Å². The fourth-order valence-corrected chi connectivity index (χ4v) is 4.84. The fourth-order valence-electron chi connectivity index (χ4n) is 4.64. The van der Waals surface area contributed by atoms with Gasteiger partial charge in [-0.1, -0.05) is 36.6 Å². The highest BCUT2D eigenvalue weighted by Gasteiger charge is 2.49. The average Bonchev–Trinajstić information content (AvgIpc) is 3.41. The van der Waals surface area contributed by atoms with E-state index < -0.39 is 17.7 Å². The molecule has 1 saturated heterocycles. The number of nitrogens with zero attached hydrogens (tertiary/aromatic N) is 1. The summed E-state index contributed by atoms with van der Waals surface area (Å²) < 4.78 is 10.9. The van der Waals surface area contributed by atoms with E-state index in [1.54, 1.807) is 42.3 Å². The van der Waals surface area contributed by atoms with Crippen LogP contribution in [-0.4, -0.2) is 41.5 Å². The number of amides is 1. The first kappa shape index (κ1) is 22.2. The van der Waals surface area contributed by atoms with Crippen molar-refractivity contribution >= 4 is 29.1 Å². The molecule has 1 N–H and O–H groups in total. The summed E-state index contributed by atoms with van der Waals surface area (Å²) in [5.74, 6) is -0.482. The molecular formula is C25H26ClNO5. The summed E-state index contributed by atoms with van der Waals surface area (Å²) in [6, 6.07) is 11.4. The molecule has 1 aliphatic heterocycles. The number of benzene rings is 2. The SMILES string of the molecule is CCOc1ccc(Cl)c(/C(O)=C2\C(=O)C(=O)N(C3CCCC3)C2c2cccc(OC)c2)c1. The van der Waals surface area contributed by atoms with Crippen molar-refractivity contribution in [2.24, 2.45) is 0 Å². The summed E-state index contributed by atoms with van der Waals surface area (Å²) in [4.78, 5) is 28.0. The molecule has 1 atom stereocenters. The molecule has 2 aromatic carbocycles. The predicted molar refractivity (Wildman–Crippen MR) is 122 cm³/mol. The van der Waals surface area contributed by atoms with Gasteiger partial charge in [-0.05, 0) is 55.7 Å². The van der Waals surface area contributed by atoms with E-state index in [0.717, 1.165) is 25.7 Å². The Balaban J connectivity index is 1.90. The van der Waals surface area contributed by atoms with Crippen molar-refractivity contribution in [3.8, 4) is 11.5 Å². The lowest BCUT2D eigenvalue weighted by molar-refractivity contribution is -0.141. The van der Waals surface area contributed by atoms with Gasteiger partial charge in [0.25, 0.3) is 11.7 Å². The van der Waals surface area contributed by atoms with Gasteiger partial charge in [0.05, 0.1) is 30.4 Å². The molecule has 1 aliphatic carbocycles. The molecule has 0 spiro atoms. The number of carbonyl (C=O) groups is 2. The number of hydrogen-bond donors (Lipinski definition) is 1. The highest BCUT2D eigenvalue weighted by Crippen LogP contribution is 2.45. The van der Waals surface area contributed by atoms with Crippen molar-refractivity contribution < 1.29 is 24.2 Å². The second-order valence-corrected chi connectivity index (χ2v) is 8.40. The number of aliphatic hydroxyl groups excluding tert-OH is 1. The summed E-state index contributed by atoms with van der Waals surface area (Å²) in [7, 11) is 1.56. The third kappa shape index (κ3) is 3.95. The first-order chi connectivity index (χ1) is 15.5. The van der Waals surface area contributed by atoms with Gasteiger partial charge >= 0.3 is 0 Å². The maximum absolute atomic E-state index is 13.2. The van der Waals surface area contributed by atoms with Crippen molar-refractivity contribution in [3.05, 3.63) is 64.2 Å². The molecule has 2 aliphatic rings. The normalized spacial score (nSPS) is 20.7. The predicted octanol–water partition coefficient (Wildman–Crippen LogP) is 5.11. The number of halogens is 1.